The first kappa shape index (κ1) is 20.6. The Morgan fingerprint density at radius 1 is 1.17 bits per heavy atom. The second-order valence-corrected chi connectivity index (χ2v) is 6.20. The number of hydrogen-bond acceptors (Lipinski definition) is 6. The largest absolute Gasteiger partial charge is 0.467 e. The third-order valence-corrected chi connectivity index (χ3v) is 4.08. The number of methoxy groups -OCH3 is 1. The minimum atomic E-state index is -1.03. The van der Waals surface area contributed by atoms with E-state index in [2.05, 4.69) is 26.2 Å². The van der Waals surface area contributed by atoms with Crippen LogP contribution in [0.4, 0.5) is 14.9 Å². The fraction of sp³-hybridized carbons (Fsp3) is 0.150. The second-order valence-electron chi connectivity index (χ2n) is 6.20. The van der Waals surface area contributed by atoms with Crippen LogP contribution in [0, 0.1) is 5.82 Å². The maximum atomic E-state index is 13.2. The molecule has 0 radical (unpaired) electrons. The fourth-order valence-corrected chi connectivity index (χ4v) is 2.65. The van der Waals surface area contributed by atoms with E-state index >= 15 is 0 Å². The number of carbonyl (C=O) groups excluding carboxylic acids is 2. The highest BCUT2D eigenvalue weighted by atomic mass is 19.1. The van der Waals surface area contributed by atoms with E-state index in [1.54, 1.807) is 6.20 Å². The number of ether oxygens (including phenoxy) is 1. The van der Waals surface area contributed by atoms with Gasteiger partial charge in [0.2, 0.25) is 0 Å². The molecule has 0 spiro atoms. The summed E-state index contributed by atoms with van der Waals surface area (Å²) in [5, 5.41) is 14.5. The van der Waals surface area contributed by atoms with Crippen LogP contribution < -0.4 is 10.7 Å². The lowest BCUT2D eigenvalue weighted by atomic mass is 10.1. The third-order valence-electron chi connectivity index (χ3n) is 4.08. The third kappa shape index (κ3) is 5.04. The molecule has 0 aliphatic heterocycles. The molecule has 0 bridgehead atoms. The van der Waals surface area contributed by atoms with E-state index in [1.807, 2.05) is 30.3 Å². The molecule has 30 heavy (non-hydrogen) atoms. The van der Waals surface area contributed by atoms with Crippen molar-refractivity contribution in [1.82, 2.24) is 20.4 Å². The van der Waals surface area contributed by atoms with Crippen molar-refractivity contribution in [2.45, 2.75) is 13.0 Å². The molecule has 9 nitrogen and oxygen atoms in total. The van der Waals surface area contributed by atoms with E-state index in [4.69, 9.17) is 4.74 Å². The number of benzene rings is 2. The number of nitrogens with zero attached hydrogens (tertiary/aromatic N) is 4. The summed E-state index contributed by atoms with van der Waals surface area (Å²) in [6, 6.07) is 13.0. The highest BCUT2D eigenvalue weighted by molar-refractivity contribution is 6.03. The molecule has 1 atom stereocenters. The molecule has 1 unspecified atom stereocenters. The van der Waals surface area contributed by atoms with Gasteiger partial charge in [-0.15, -0.1) is 5.10 Å². The van der Waals surface area contributed by atoms with E-state index in [9.17, 15) is 14.0 Å². The predicted octanol–water partition coefficient (Wildman–Crippen LogP) is 3.00. The van der Waals surface area contributed by atoms with Crippen LogP contribution in [-0.2, 0) is 9.53 Å². The summed E-state index contributed by atoms with van der Waals surface area (Å²) in [7, 11) is 1.24. The molecule has 0 fully saturated rings. The Balaban J connectivity index is 1.75. The van der Waals surface area contributed by atoms with Crippen molar-refractivity contribution >= 4 is 23.4 Å². The SMILES string of the molecule is COC(=O)C(/C(C)=N/NC(=O)Nc1cccc(F)c1)n1cc(-c2ccccc2)nn1. The van der Waals surface area contributed by atoms with Gasteiger partial charge in [0.05, 0.1) is 19.0 Å². The Labute approximate surface area is 171 Å². The minimum absolute atomic E-state index is 0.209. The summed E-state index contributed by atoms with van der Waals surface area (Å²) in [4.78, 5) is 24.3. The summed E-state index contributed by atoms with van der Waals surface area (Å²) >= 11 is 0. The summed E-state index contributed by atoms with van der Waals surface area (Å²) in [5.74, 6) is -1.12. The molecule has 1 aromatic heterocycles. The number of anilines is 1. The number of nitrogens with one attached hydrogen (secondary N) is 2. The van der Waals surface area contributed by atoms with Crippen LogP contribution in [0.3, 0.4) is 0 Å². The normalized spacial score (nSPS) is 12.2. The number of amides is 2. The fourth-order valence-electron chi connectivity index (χ4n) is 2.65. The quantitative estimate of drug-likeness (QED) is 0.369. The predicted molar refractivity (Wildman–Crippen MR) is 108 cm³/mol. The Kier molecular flexibility index (Phi) is 6.48. The van der Waals surface area contributed by atoms with E-state index in [0.717, 1.165) is 11.6 Å². The van der Waals surface area contributed by atoms with Crippen LogP contribution >= 0.6 is 0 Å². The first-order chi connectivity index (χ1) is 14.5. The summed E-state index contributed by atoms with van der Waals surface area (Å²) in [6.07, 6.45) is 1.59. The van der Waals surface area contributed by atoms with Gasteiger partial charge in [-0.2, -0.15) is 5.10 Å². The summed E-state index contributed by atoms with van der Waals surface area (Å²) in [6.45, 7) is 1.54. The van der Waals surface area contributed by atoms with Crippen LogP contribution in [0.2, 0.25) is 0 Å². The Morgan fingerprint density at radius 2 is 1.93 bits per heavy atom. The Morgan fingerprint density at radius 3 is 2.63 bits per heavy atom. The van der Waals surface area contributed by atoms with Crippen molar-refractivity contribution in [3.63, 3.8) is 0 Å². The van der Waals surface area contributed by atoms with Crippen molar-refractivity contribution in [2.24, 2.45) is 5.10 Å². The Bertz CT molecular complexity index is 1070. The van der Waals surface area contributed by atoms with Crippen LogP contribution in [-0.4, -0.2) is 39.8 Å². The average molecular weight is 410 g/mol. The highest BCUT2D eigenvalue weighted by Crippen LogP contribution is 2.18. The van der Waals surface area contributed by atoms with Gasteiger partial charge < -0.3 is 10.1 Å². The lowest BCUT2D eigenvalue weighted by Gasteiger charge is -2.14. The lowest BCUT2D eigenvalue weighted by molar-refractivity contribution is -0.142. The number of esters is 1. The van der Waals surface area contributed by atoms with Crippen molar-refractivity contribution in [3.05, 3.63) is 66.6 Å². The molecule has 3 aromatic rings. The van der Waals surface area contributed by atoms with Crippen LogP contribution in [0.1, 0.15) is 13.0 Å². The molecule has 154 valence electrons. The van der Waals surface area contributed by atoms with Gasteiger partial charge in [-0.25, -0.2) is 24.1 Å². The molecular weight excluding hydrogens is 391 g/mol. The van der Waals surface area contributed by atoms with Gasteiger partial charge in [-0.05, 0) is 25.1 Å². The van der Waals surface area contributed by atoms with Crippen LogP contribution in [0.15, 0.2) is 65.9 Å². The number of hydrazone groups is 1. The van der Waals surface area contributed by atoms with Gasteiger partial charge in [0.25, 0.3) is 0 Å². The van der Waals surface area contributed by atoms with E-state index in [0.29, 0.717) is 5.69 Å². The standard InChI is InChI=1S/C20H19FN6O3/c1-13(23-25-20(29)22-16-10-6-9-15(21)11-16)18(19(28)30-2)27-12-17(24-26-27)14-7-4-3-5-8-14/h3-12,18H,1-2H3,(H2,22,25,29)/b23-13+. The van der Waals surface area contributed by atoms with Crippen molar-refractivity contribution in [3.8, 4) is 11.3 Å². The number of carbonyl (C=O) groups is 2. The molecule has 2 amide bonds. The molecular formula is C20H19FN6O3. The molecule has 2 N–H and O–H groups in total. The first-order valence-corrected chi connectivity index (χ1v) is 8.89. The van der Waals surface area contributed by atoms with Gasteiger partial charge >= 0.3 is 12.0 Å². The average Bonchev–Trinajstić information content (AvgIpc) is 3.22. The van der Waals surface area contributed by atoms with Crippen molar-refractivity contribution < 1.29 is 18.7 Å². The van der Waals surface area contributed by atoms with E-state index in [-0.39, 0.29) is 11.4 Å². The van der Waals surface area contributed by atoms with E-state index in [1.165, 1.54) is 36.9 Å². The zero-order chi connectivity index (χ0) is 21.5. The molecule has 0 saturated heterocycles. The monoisotopic (exact) mass is 410 g/mol. The zero-order valence-corrected chi connectivity index (χ0v) is 16.2. The molecule has 0 aliphatic rings. The Hall–Kier alpha value is -4.08. The smallest absolute Gasteiger partial charge is 0.339 e. The lowest BCUT2D eigenvalue weighted by Crippen LogP contribution is -2.31. The number of halogens is 1. The van der Waals surface area contributed by atoms with Crippen LogP contribution in [0.5, 0.6) is 0 Å². The van der Waals surface area contributed by atoms with Gasteiger partial charge in [-0.1, -0.05) is 41.6 Å². The molecule has 0 saturated carbocycles. The van der Waals surface area contributed by atoms with Gasteiger partial charge in [-0.3, -0.25) is 0 Å². The highest BCUT2D eigenvalue weighted by Gasteiger charge is 2.27. The number of urea groups is 1. The summed E-state index contributed by atoms with van der Waals surface area (Å²) in [5.41, 5.74) is 4.12. The van der Waals surface area contributed by atoms with Crippen molar-refractivity contribution in [2.75, 3.05) is 12.4 Å². The number of hydrogen-bond donors (Lipinski definition) is 2. The van der Waals surface area contributed by atoms with Crippen molar-refractivity contribution in [1.29, 1.82) is 0 Å². The first-order valence-electron chi connectivity index (χ1n) is 8.89. The van der Waals surface area contributed by atoms with Crippen LogP contribution in [0.25, 0.3) is 11.3 Å². The maximum absolute atomic E-state index is 13.2. The van der Waals surface area contributed by atoms with E-state index < -0.39 is 23.9 Å². The molecule has 2 aromatic carbocycles. The molecule has 1 heterocycles. The zero-order valence-electron chi connectivity index (χ0n) is 16.2. The summed E-state index contributed by atoms with van der Waals surface area (Å²) < 4.78 is 19.4. The topological polar surface area (TPSA) is 110 Å². The number of aromatic nitrogens is 3. The molecule has 10 heteroatoms. The number of rotatable bonds is 6. The van der Waals surface area contributed by atoms with Gasteiger partial charge in [0.1, 0.15) is 11.5 Å². The van der Waals surface area contributed by atoms with Gasteiger partial charge in [0, 0.05) is 11.3 Å². The molecule has 3 rings (SSSR count). The molecule has 0 aliphatic carbocycles. The second kappa shape index (κ2) is 9.41. The minimum Gasteiger partial charge on any atom is -0.467 e. The van der Waals surface area contributed by atoms with Gasteiger partial charge in [0.15, 0.2) is 6.04 Å². The maximum Gasteiger partial charge on any atom is 0.339 e.